The standard InChI is InChI=1S/C15H15ClO4/c1-3-5-10-15(13(17)18,14(19)20-4-2)11-8-6-7-9-12(11)16/h1,6-9H,4-5,10H2,2H3,(H,17,18). The van der Waals surface area contributed by atoms with Gasteiger partial charge in [0, 0.05) is 11.4 Å². The lowest BCUT2D eigenvalue weighted by atomic mass is 9.76. The van der Waals surface area contributed by atoms with Gasteiger partial charge in [0.15, 0.2) is 5.41 Å². The SMILES string of the molecule is C#CCCC(C(=O)O)(C(=O)OCC)c1ccccc1Cl. The Morgan fingerprint density at radius 1 is 1.45 bits per heavy atom. The summed E-state index contributed by atoms with van der Waals surface area (Å²) < 4.78 is 4.93. The molecule has 1 atom stereocenters. The molecule has 1 N–H and O–H groups in total. The van der Waals surface area contributed by atoms with Crippen LogP contribution in [0.1, 0.15) is 25.3 Å². The summed E-state index contributed by atoms with van der Waals surface area (Å²) in [7, 11) is 0. The van der Waals surface area contributed by atoms with Crippen LogP contribution in [-0.4, -0.2) is 23.7 Å². The van der Waals surface area contributed by atoms with Crippen LogP contribution in [0.4, 0.5) is 0 Å². The van der Waals surface area contributed by atoms with Crippen molar-refractivity contribution in [2.75, 3.05) is 6.61 Å². The van der Waals surface area contributed by atoms with Crippen molar-refractivity contribution < 1.29 is 19.4 Å². The molecule has 0 heterocycles. The highest BCUT2D eigenvalue weighted by molar-refractivity contribution is 6.32. The van der Waals surface area contributed by atoms with Gasteiger partial charge in [0.25, 0.3) is 0 Å². The molecular weight excluding hydrogens is 280 g/mol. The van der Waals surface area contributed by atoms with Gasteiger partial charge in [-0.3, -0.25) is 9.59 Å². The molecule has 20 heavy (non-hydrogen) atoms. The third-order valence-corrected chi connectivity index (χ3v) is 3.30. The molecule has 5 heteroatoms. The summed E-state index contributed by atoms with van der Waals surface area (Å²) in [4.78, 5) is 24.0. The molecule has 0 amide bonds. The van der Waals surface area contributed by atoms with E-state index >= 15 is 0 Å². The maximum atomic E-state index is 12.2. The molecule has 0 saturated carbocycles. The molecule has 106 valence electrons. The molecule has 0 fully saturated rings. The predicted octanol–water partition coefficient (Wildman–Crippen LogP) is 2.64. The lowest BCUT2D eigenvalue weighted by Crippen LogP contribution is -2.45. The molecule has 0 aliphatic heterocycles. The van der Waals surface area contributed by atoms with Gasteiger partial charge in [0.05, 0.1) is 6.61 Å². The zero-order valence-corrected chi connectivity index (χ0v) is 11.8. The maximum Gasteiger partial charge on any atom is 0.328 e. The van der Waals surface area contributed by atoms with Gasteiger partial charge in [-0.05, 0) is 25.0 Å². The van der Waals surface area contributed by atoms with E-state index in [-0.39, 0.29) is 30.0 Å². The van der Waals surface area contributed by atoms with Gasteiger partial charge < -0.3 is 9.84 Å². The van der Waals surface area contributed by atoms with Gasteiger partial charge in [-0.15, -0.1) is 12.3 Å². The van der Waals surface area contributed by atoms with Crippen molar-refractivity contribution in [3.8, 4) is 12.3 Å². The minimum atomic E-state index is -1.87. The fraction of sp³-hybridized carbons (Fsp3) is 0.333. The van der Waals surface area contributed by atoms with E-state index in [1.165, 1.54) is 12.1 Å². The summed E-state index contributed by atoms with van der Waals surface area (Å²) in [5.74, 6) is 0.179. The van der Waals surface area contributed by atoms with Crippen LogP contribution in [0, 0.1) is 12.3 Å². The molecule has 1 unspecified atom stereocenters. The van der Waals surface area contributed by atoms with Crippen LogP contribution in [-0.2, 0) is 19.7 Å². The zero-order valence-electron chi connectivity index (χ0n) is 11.1. The number of ether oxygens (including phenoxy) is 1. The Labute approximate surface area is 122 Å². The number of carbonyl (C=O) groups is 2. The number of hydrogen-bond donors (Lipinski definition) is 1. The van der Waals surface area contributed by atoms with Gasteiger partial charge in [-0.2, -0.15) is 0 Å². The van der Waals surface area contributed by atoms with E-state index in [2.05, 4.69) is 5.92 Å². The average Bonchev–Trinajstić information content (AvgIpc) is 2.41. The number of carbonyl (C=O) groups excluding carboxylic acids is 1. The Morgan fingerprint density at radius 2 is 2.10 bits per heavy atom. The van der Waals surface area contributed by atoms with E-state index in [1.807, 2.05) is 0 Å². The number of terminal acetylenes is 1. The molecule has 1 aromatic carbocycles. The molecule has 0 saturated heterocycles. The van der Waals surface area contributed by atoms with Crippen LogP contribution < -0.4 is 0 Å². The first-order chi connectivity index (χ1) is 9.50. The van der Waals surface area contributed by atoms with Crippen molar-refractivity contribution in [1.29, 1.82) is 0 Å². The van der Waals surface area contributed by atoms with Gasteiger partial charge in [0.2, 0.25) is 0 Å². The number of benzene rings is 1. The van der Waals surface area contributed by atoms with Gasteiger partial charge >= 0.3 is 11.9 Å². The lowest BCUT2D eigenvalue weighted by molar-refractivity contribution is -0.162. The fourth-order valence-corrected chi connectivity index (χ4v) is 2.27. The summed E-state index contributed by atoms with van der Waals surface area (Å²) in [6, 6.07) is 6.31. The number of halogens is 1. The fourth-order valence-electron chi connectivity index (χ4n) is 1.98. The highest BCUT2D eigenvalue weighted by Gasteiger charge is 2.50. The third kappa shape index (κ3) is 2.94. The lowest BCUT2D eigenvalue weighted by Gasteiger charge is -2.27. The summed E-state index contributed by atoms with van der Waals surface area (Å²) in [5.41, 5.74) is -1.68. The molecule has 0 aliphatic rings. The molecule has 0 aliphatic carbocycles. The first kappa shape index (κ1) is 16.1. The summed E-state index contributed by atoms with van der Waals surface area (Å²) >= 11 is 6.05. The van der Waals surface area contributed by atoms with Crippen LogP contribution in [0.15, 0.2) is 24.3 Å². The Hall–Kier alpha value is -1.99. The highest BCUT2D eigenvalue weighted by Crippen LogP contribution is 2.36. The van der Waals surface area contributed by atoms with E-state index in [0.717, 1.165) is 0 Å². The smallest absolute Gasteiger partial charge is 0.328 e. The van der Waals surface area contributed by atoms with E-state index in [1.54, 1.807) is 19.1 Å². The van der Waals surface area contributed by atoms with E-state index in [4.69, 9.17) is 22.8 Å². The molecule has 1 rings (SSSR count). The second-order valence-electron chi connectivity index (χ2n) is 4.11. The van der Waals surface area contributed by atoms with Crippen LogP contribution in [0.3, 0.4) is 0 Å². The second-order valence-corrected chi connectivity index (χ2v) is 4.52. The summed E-state index contributed by atoms with van der Waals surface area (Å²) in [6.45, 7) is 1.69. The van der Waals surface area contributed by atoms with Gasteiger partial charge in [0.1, 0.15) is 0 Å². The Morgan fingerprint density at radius 3 is 2.60 bits per heavy atom. The highest BCUT2D eigenvalue weighted by atomic mass is 35.5. The average molecular weight is 295 g/mol. The Kier molecular flexibility index (Phi) is 5.60. The molecule has 0 aromatic heterocycles. The first-order valence-electron chi connectivity index (χ1n) is 6.09. The van der Waals surface area contributed by atoms with Crippen molar-refractivity contribution in [2.45, 2.75) is 25.2 Å². The largest absolute Gasteiger partial charge is 0.480 e. The van der Waals surface area contributed by atoms with Crippen LogP contribution in [0.2, 0.25) is 5.02 Å². The van der Waals surface area contributed by atoms with E-state index in [0.29, 0.717) is 0 Å². The topological polar surface area (TPSA) is 63.6 Å². The number of esters is 1. The van der Waals surface area contributed by atoms with Crippen LogP contribution in [0.25, 0.3) is 0 Å². The first-order valence-corrected chi connectivity index (χ1v) is 6.47. The van der Waals surface area contributed by atoms with E-state index < -0.39 is 17.4 Å². The van der Waals surface area contributed by atoms with Crippen molar-refractivity contribution in [2.24, 2.45) is 0 Å². The summed E-state index contributed by atoms with van der Waals surface area (Å²) in [6.07, 6.45) is 5.25. The van der Waals surface area contributed by atoms with Crippen LogP contribution >= 0.6 is 11.6 Å². The normalized spacial score (nSPS) is 13.1. The Bertz CT molecular complexity index is 547. The zero-order chi connectivity index (χ0) is 15.2. The molecular formula is C15H15ClO4. The molecule has 0 radical (unpaired) electrons. The number of rotatable bonds is 6. The molecule has 0 bridgehead atoms. The minimum absolute atomic E-state index is 0.0681. The molecule has 0 spiro atoms. The monoisotopic (exact) mass is 294 g/mol. The van der Waals surface area contributed by atoms with Crippen molar-refractivity contribution in [3.63, 3.8) is 0 Å². The maximum absolute atomic E-state index is 12.2. The third-order valence-electron chi connectivity index (χ3n) is 2.97. The molecule has 4 nitrogen and oxygen atoms in total. The minimum Gasteiger partial charge on any atom is -0.480 e. The van der Waals surface area contributed by atoms with E-state index in [9.17, 15) is 14.7 Å². The van der Waals surface area contributed by atoms with Crippen molar-refractivity contribution >= 4 is 23.5 Å². The molecule has 1 aromatic rings. The second kappa shape index (κ2) is 6.97. The van der Waals surface area contributed by atoms with Gasteiger partial charge in [-0.1, -0.05) is 29.8 Å². The number of hydrogen-bond acceptors (Lipinski definition) is 3. The van der Waals surface area contributed by atoms with Crippen molar-refractivity contribution in [1.82, 2.24) is 0 Å². The quantitative estimate of drug-likeness (QED) is 0.498. The number of carboxylic acid groups (broad SMARTS) is 1. The van der Waals surface area contributed by atoms with Crippen molar-refractivity contribution in [3.05, 3.63) is 34.9 Å². The predicted molar refractivity (Wildman–Crippen MR) is 75.5 cm³/mol. The van der Waals surface area contributed by atoms with Gasteiger partial charge in [-0.25, -0.2) is 0 Å². The number of aliphatic carboxylic acids is 1. The summed E-state index contributed by atoms with van der Waals surface area (Å²) in [5, 5.41) is 9.79. The number of carboxylic acids is 1. The van der Waals surface area contributed by atoms with Crippen LogP contribution in [0.5, 0.6) is 0 Å². The Balaban J connectivity index is 3.45.